The number of nitrogens with zero attached hydrogens (tertiary/aromatic N) is 2. The summed E-state index contributed by atoms with van der Waals surface area (Å²) in [7, 11) is 0. The number of likely N-dealkylation sites (N-methyl/N-ethyl adjacent to an activating group) is 1. The normalized spacial score (nSPS) is 15.3. The molecule has 1 heterocycles. The zero-order chi connectivity index (χ0) is 11.5. The Balaban J connectivity index is 2.33. The molecule has 1 fully saturated rings. The summed E-state index contributed by atoms with van der Waals surface area (Å²) < 4.78 is 0. The first-order chi connectivity index (χ1) is 7.76. The van der Waals surface area contributed by atoms with Gasteiger partial charge in [-0.2, -0.15) is 5.26 Å². The van der Waals surface area contributed by atoms with Gasteiger partial charge in [0.1, 0.15) is 6.07 Å². The smallest absolute Gasteiger partial charge is 0.101 e. The quantitative estimate of drug-likeness (QED) is 0.833. The van der Waals surface area contributed by atoms with Crippen LogP contribution in [0.3, 0.4) is 0 Å². The highest BCUT2D eigenvalue weighted by molar-refractivity contribution is 5.61. The van der Waals surface area contributed by atoms with Crippen LogP contribution in [-0.4, -0.2) is 25.7 Å². The van der Waals surface area contributed by atoms with E-state index in [2.05, 4.69) is 35.3 Å². The fourth-order valence-electron chi connectivity index (χ4n) is 2.11. The molecule has 0 amide bonds. The van der Waals surface area contributed by atoms with Crippen LogP contribution in [-0.2, 0) is 0 Å². The van der Waals surface area contributed by atoms with E-state index >= 15 is 0 Å². The average molecular weight is 215 g/mol. The Labute approximate surface area is 96.7 Å². The highest BCUT2D eigenvalue weighted by atomic mass is 15.2. The molecule has 2 rings (SSSR count). The minimum Gasteiger partial charge on any atom is -0.365 e. The molecule has 0 aromatic heterocycles. The molecule has 0 atom stereocenters. The van der Waals surface area contributed by atoms with Crippen LogP contribution in [0.4, 0.5) is 5.69 Å². The second kappa shape index (κ2) is 4.54. The van der Waals surface area contributed by atoms with Crippen LogP contribution in [0.25, 0.3) is 0 Å². The molecule has 1 N–H and O–H groups in total. The highest BCUT2D eigenvalue weighted by Crippen LogP contribution is 2.24. The van der Waals surface area contributed by atoms with Crippen molar-refractivity contribution in [2.75, 3.05) is 24.5 Å². The molecule has 1 saturated heterocycles. The molecule has 0 saturated carbocycles. The van der Waals surface area contributed by atoms with Crippen molar-refractivity contribution in [3.8, 4) is 6.07 Å². The SMILES string of the molecule is CCN(c1ccc(C)cc1C#N)C1CNC1. The van der Waals surface area contributed by atoms with E-state index in [0.717, 1.165) is 36.4 Å². The Morgan fingerprint density at radius 1 is 1.50 bits per heavy atom. The third-order valence-corrected chi connectivity index (χ3v) is 3.12. The first kappa shape index (κ1) is 11.0. The second-order valence-corrected chi connectivity index (χ2v) is 4.23. The summed E-state index contributed by atoms with van der Waals surface area (Å²) in [6.45, 7) is 7.15. The van der Waals surface area contributed by atoms with Crippen molar-refractivity contribution >= 4 is 5.69 Å². The number of anilines is 1. The average Bonchev–Trinajstić information content (AvgIpc) is 2.23. The van der Waals surface area contributed by atoms with Gasteiger partial charge < -0.3 is 10.2 Å². The summed E-state index contributed by atoms with van der Waals surface area (Å²) in [5.74, 6) is 0. The third-order valence-electron chi connectivity index (χ3n) is 3.12. The highest BCUT2D eigenvalue weighted by Gasteiger charge is 2.25. The van der Waals surface area contributed by atoms with Gasteiger partial charge in [-0.05, 0) is 31.5 Å². The first-order valence-corrected chi connectivity index (χ1v) is 5.74. The van der Waals surface area contributed by atoms with Crippen molar-refractivity contribution in [1.82, 2.24) is 5.32 Å². The topological polar surface area (TPSA) is 39.1 Å². The minimum atomic E-state index is 0.541. The Morgan fingerprint density at radius 2 is 2.25 bits per heavy atom. The lowest BCUT2D eigenvalue weighted by Gasteiger charge is -2.39. The summed E-state index contributed by atoms with van der Waals surface area (Å²) in [6, 6.07) is 8.94. The number of rotatable bonds is 3. The maximum absolute atomic E-state index is 9.17. The van der Waals surface area contributed by atoms with E-state index in [1.54, 1.807) is 0 Å². The van der Waals surface area contributed by atoms with Crippen LogP contribution in [0.2, 0.25) is 0 Å². The summed E-state index contributed by atoms with van der Waals surface area (Å²) in [5.41, 5.74) is 3.00. The van der Waals surface area contributed by atoms with E-state index < -0.39 is 0 Å². The van der Waals surface area contributed by atoms with Gasteiger partial charge in [-0.25, -0.2) is 0 Å². The van der Waals surface area contributed by atoms with Crippen LogP contribution in [0.15, 0.2) is 18.2 Å². The lowest BCUT2D eigenvalue weighted by Crippen LogP contribution is -2.57. The molecule has 1 aromatic rings. The van der Waals surface area contributed by atoms with Crippen LogP contribution in [0.5, 0.6) is 0 Å². The molecule has 0 spiro atoms. The van der Waals surface area contributed by atoms with Gasteiger partial charge in [0.2, 0.25) is 0 Å². The van der Waals surface area contributed by atoms with Gasteiger partial charge in [0, 0.05) is 19.6 Å². The van der Waals surface area contributed by atoms with Gasteiger partial charge in [-0.3, -0.25) is 0 Å². The molecule has 3 nitrogen and oxygen atoms in total. The van der Waals surface area contributed by atoms with Gasteiger partial charge in [-0.15, -0.1) is 0 Å². The van der Waals surface area contributed by atoms with Gasteiger partial charge in [0.05, 0.1) is 17.3 Å². The second-order valence-electron chi connectivity index (χ2n) is 4.23. The minimum absolute atomic E-state index is 0.541. The van der Waals surface area contributed by atoms with Crippen LogP contribution in [0, 0.1) is 18.3 Å². The maximum Gasteiger partial charge on any atom is 0.101 e. The van der Waals surface area contributed by atoms with Crippen molar-refractivity contribution in [3.63, 3.8) is 0 Å². The van der Waals surface area contributed by atoms with Gasteiger partial charge in [0.15, 0.2) is 0 Å². The lowest BCUT2D eigenvalue weighted by atomic mass is 10.1. The molecule has 0 bridgehead atoms. The zero-order valence-corrected chi connectivity index (χ0v) is 9.83. The third kappa shape index (κ3) is 1.89. The van der Waals surface area contributed by atoms with Gasteiger partial charge in [-0.1, -0.05) is 6.07 Å². The summed E-state index contributed by atoms with van der Waals surface area (Å²) in [6.07, 6.45) is 0. The Bertz CT molecular complexity index is 416. The molecule has 0 unspecified atom stereocenters. The number of hydrogen-bond acceptors (Lipinski definition) is 3. The number of aryl methyl sites for hydroxylation is 1. The van der Waals surface area contributed by atoms with E-state index in [9.17, 15) is 0 Å². The van der Waals surface area contributed by atoms with Crippen LogP contribution < -0.4 is 10.2 Å². The van der Waals surface area contributed by atoms with E-state index in [1.807, 2.05) is 13.0 Å². The zero-order valence-electron chi connectivity index (χ0n) is 9.83. The molecule has 16 heavy (non-hydrogen) atoms. The first-order valence-electron chi connectivity index (χ1n) is 5.74. The number of benzene rings is 1. The van der Waals surface area contributed by atoms with Crippen LogP contribution >= 0.6 is 0 Å². The van der Waals surface area contributed by atoms with Crippen molar-refractivity contribution in [2.24, 2.45) is 0 Å². The lowest BCUT2D eigenvalue weighted by molar-refractivity contribution is 0.417. The predicted octanol–water partition coefficient (Wildman–Crippen LogP) is 1.66. The van der Waals surface area contributed by atoms with Crippen LogP contribution in [0.1, 0.15) is 18.1 Å². The fraction of sp³-hybridized carbons (Fsp3) is 0.462. The van der Waals surface area contributed by atoms with Crippen molar-refractivity contribution in [2.45, 2.75) is 19.9 Å². The molecule has 1 aromatic carbocycles. The Hall–Kier alpha value is -1.53. The fourth-order valence-corrected chi connectivity index (χ4v) is 2.11. The van der Waals surface area contributed by atoms with E-state index in [0.29, 0.717) is 6.04 Å². The summed E-state index contributed by atoms with van der Waals surface area (Å²) in [4.78, 5) is 2.31. The molecule has 0 aliphatic carbocycles. The molecule has 3 heteroatoms. The van der Waals surface area contributed by atoms with Gasteiger partial charge >= 0.3 is 0 Å². The molecule has 0 radical (unpaired) electrons. The largest absolute Gasteiger partial charge is 0.365 e. The van der Waals surface area contributed by atoms with E-state index in [4.69, 9.17) is 5.26 Å². The van der Waals surface area contributed by atoms with Crippen molar-refractivity contribution in [3.05, 3.63) is 29.3 Å². The molecule has 1 aliphatic heterocycles. The molecule has 1 aliphatic rings. The van der Waals surface area contributed by atoms with E-state index in [-0.39, 0.29) is 0 Å². The monoisotopic (exact) mass is 215 g/mol. The van der Waals surface area contributed by atoms with Crippen molar-refractivity contribution in [1.29, 1.82) is 5.26 Å². The molecular weight excluding hydrogens is 198 g/mol. The van der Waals surface area contributed by atoms with Gasteiger partial charge in [0.25, 0.3) is 0 Å². The predicted molar refractivity (Wildman–Crippen MR) is 65.6 cm³/mol. The molecule has 84 valence electrons. The maximum atomic E-state index is 9.17. The number of nitriles is 1. The summed E-state index contributed by atoms with van der Waals surface area (Å²) >= 11 is 0. The standard InChI is InChI=1S/C13H17N3/c1-3-16(12-8-15-9-12)13-5-4-10(2)6-11(13)7-14/h4-6,12,15H,3,8-9H2,1-2H3. The van der Waals surface area contributed by atoms with E-state index in [1.165, 1.54) is 0 Å². The Morgan fingerprint density at radius 3 is 2.75 bits per heavy atom. The number of nitrogens with one attached hydrogen (secondary N) is 1. The molecular formula is C13H17N3. The number of hydrogen-bond donors (Lipinski definition) is 1. The summed E-state index contributed by atoms with van der Waals surface area (Å²) in [5, 5.41) is 12.4. The Kier molecular flexibility index (Phi) is 3.12. The van der Waals surface area contributed by atoms with Crippen molar-refractivity contribution < 1.29 is 0 Å².